The summed E-state index contributed by atoms with van der Waals surface area (Å²) in [4.78, 5) is 23.6. The van der Waals surface area contributed by atoms with Gasteiger partial charge in [0, 0.05) is 12.2 Å². The molecule has 0 fully saturated rings. The zero-order chi connectivity index (χ0) is 24.0. The molecule has 174 valence electrons. The van der Waals surface area contributed by atoms with Crippen LogP contribution in [0.25, 0.3) is 0 Å². The van der Waals surface area contributed by atoms with Crippen LogP contribution in [-0.4, -0.2) is 37.5 Å². The number of carbonyl (C=O) groups is 2. The van der Waals surface area contributed by atoms with E-state index in [4.69, 9.17) is 21.4 Å². The summed E-state index contributed by atoms with van der Waals surface area (Å²) in [6.45, 7) is 6.70. The van der Waals surface area contributed by atoms with Crippen molar-refractivity contribution in [1.29, 1.82) is 0 Å². The van der Waals surface area contributed by atoms with Crippen LogP contribution < -0.4 is 10.1 Å². The quantitative estimate of drug-likeness (QED) is 0.380. The summed E-state index contributed by atoms with van der Waals surface area (Å²) < 4.78 is 7.96. The molecule has 3 rings (SSSR count). The smallest absolute Gasteiger partial charge is 0.335 e. The minimum absolute atomic E-state index is 0.0906. The van der Waals surface area contributed by atoms with E-state index in [9.17, 15) is 9.59 Å². The molecule has 1 aromatic heterocycles. The Morgan fingerprint density at radius 3 is 2.61 bits per heavy atom. The summed E-state index contributed by atoms with van der Waals surface area (Å²) in [5.41, 5.74) is 0.529. The van der Waals surface area contributed by atoms with Gasteiger partial charge in [0.25, 0.3) is 0 Å². The first-order chi connectivity index (χ1) is 15.7. The summed E-state index contributed by atoms with van der Waals surface area (Å²) in [7, 11) is 0. The number of nitrogens with zero attached hydrogens (tertiary/aromatic N) is 3. The number of rotatable bonds is 10. The molecule has 0 spiro atoms. The first-order valence-electron chi connectivity index (χ1n) is 10.3. The molecule has 33 heavy (non-hydrogen) atoms. The molecule has 3 aromatic rings. The van der Waals surface area contributed by atoms with Crippen LogP contribution in [0.3, 0.4) is 0 Å². The fourth-order valence-corrected chi connectivity index (χ4v) is 4.02. The number of aromatic carboxylic acids is 1. The molecule has 0 aliphatic heterocycles. The van der Waals surface area contributed by atoms with Crippen LogP contribution in [0.15, 0.2) is 53.7 Å². The molecular formula is C23H25ClN4O4S. The third kappa shape index (κ3) is 6.72. The van der Waals surface area contributed by atoms with Gasteiger partial charge in [0.1, 0.15) is 5.75 Å². The molecule has 1 heterocycles. The Hall–Kier alpha value is -3.04. The average molecular weight is 489 g/mol. The van der Waals surface area contributed by atoms with Crippen molar-refractivity contribution in [1.82, 2.24) is 14.8 Å². The lowest BCUT2D eigenvalue weighted by Crippen LogP contribution is -2.17. The Morgan fingerprint density at radius 2 is 1.91 bits per heavy atom. The molecule has 2 N–H and O–H groups in total. The number of aromatic nitrogens is 3. The molecule has 0 saturated heterocycles. The van der Waals surface area contributed by atoms with Gasteiger partial charge in [0.05, 0.1) is 16.3 Å². The van der Waals surface area contributed by atoms with Gasteiger partial charge in [-0.3, -0.25) is 4.79 Å². The van der Waals surface area contributed by atoms with Crippen molar-refractivity contribution in [2.24, 2.45) is 5.92 Å². The highest BCUT2D eigenvalue weighted by Gasteiger charge is 2.21. The number of thioether (sulfide) groups is 1. The molecule has 0 saturated carbocycles. The molecule has 0 bridgehead atoms. The first kappa shape index (κ1) is 24.6. The Bertz CT molecular complexity index is 1140. The first-order valence-corrected chi connectivity index (χ1v) is 11.7. The van der Waals surface area contributed by atoms with Crippen molar-refractivity contribution in [2.45, 2.75) is 38.6 Å². The van der Waals surface area contributed by atoms with Crippen molar-refractivity contribution in [3.05, 3.63) is 64.9 Å². The second-order valence-electron chi connectivity index (χ2n) is 7.76. The fourth-order valence-electron chi connectivity index (χ4n) is 3.08. The summed E-state index contributed by atoms with van der Waals surface area (Å²) in [5.74, 6) is 0.280. The second-order valence-corrected chi connectivity index (χ2v) is 9.11. The summed E-state index contributed by atoms with van der Waals surface area (Å²) in [6.07, 6.45) is -0.405. The van der Waals surface area contributed by atoms with E-state index in [1.807, 2.05) is 23.6 Å². The van der Waals surface area contributed by atoms with Gasteiger partial charge in [-0.25, -0.2) is 4.79 Å². The van der Waals surface area contributed by atoms with E-state index in [-0.39, 0.29) is 17.2 Å². The van der Waals surface area contributed by atoms with Gasteiger partial charge in [-0.1, -0.05) is 55.4 Å². The predicted octanol–water partition coefficient (Wildman–Crippen LogP) is 5.16. The maximum Gasteiger partial charge on any atom is 0.335 e. The Balaban J connectivity index is 1.70. The monoisotopic (exact) mass is 488 g/mol. The number of para-hydroxylation sites is 1. The van der Waals surface area contributed by atoms with Crippen molar-refractivity contribution in [3.8, 4) is 5.75 Å². The predicted molar refractivity (Wildman–Crippen MR) is 128 cm³/mol. The van der Waals surface area contributed by atoms with Gasteiger partial charge in [-0.2, -0.15) is 0 Å². The van der Waals surface area contributed by atoms with Gasteiger partial charge in [0.15, 0.2) is 17.1 Å². The van der Waals surface area contributed by atoms with Crippen molar-refractivity contribution in [2.75, 3.05) is 11.1 Å². The van der Waals surface area contributed by atoms with E-state index in [0.29, 0.717) is 39.9 Å². The topological polar surface area (TPSA) is 106 Å². The highest BCUT2D eigenvalue weighted by molar-refractivity contribution is 7.99. The van der Waals surface area contributed by atoms with Crippen LogP contribution in [0, 0.1) is 5.92 Å². The molecule has 0 radical (unpaired) electrons. The zero-order valence-corrected chi connectivity index (χ0v) is 20.1. The van der Waals surface area contributed by atoms with E-state index in [1.54, 1.807) is 24.3 Å². The molecule has 0 aliphatic rings. The van der Waals surface area contributed by atoms with Crippen molar-refractivity contribution in [3.63, 3.8) is 0 Å². The number of ether oxygens (including phenoxy) is 1. The van der Waals surface area contributed by atoms with E-state index in [0.717, 1.165) is 0 Å². The SMILES string of the molecule is CC(C)Cn1c(SCC(=O)Nc2cccc(C(=O)O)c2)nnc1C(C)Oc1ccccc1Cl. The van der Waals surface area contributed by atoms with Gasteiger partial charge < -0.3 is 19.7 Å². The molecule has 1 atom stereocenters. The van der Waals surface area contributed by atoms with Gasteiger partial charge in [-0.15, -0.1) is 10.2 Å². The number of amides is 1. The lowest BCUT2D eigenvalue weighted by Gasteiger charge is -2.18. The third-order valence-electron chi connectivity index (χ3n) is 4.52. The maximum absolute atomic E-state index is 12.4. The van der Waals surface area contributed by atoms with E-state index >= 15 is 0 Å². The third-order valence-corrected chi connectivity index (χ3v) is 5.80. The Labute approximate surface area is 201 Å². The number of carboxylic acids is 1. The fraction of sp³-hybridized carbons (Fsp3) is 0.304. The number of anilines is 1. The number of halogens is 1. The highest BCUT2D eigenvalue weighted by Crippen LogP contribution is 2.30. The number of carbonyl (C=O) groups excluding carboxylic acids is 1. The largest absolute Gasteiger partial charge is 0.481 e. The number of benzene rings is 2. The second kappa shape index (κ2) is 11.2. The lowest BCUT2D eigenvalue weighted by atomic mass is 10.2. The number of carboxylic acid groups (broad SMARTS) is 1. The van der Waals surface area contributed by atoms with Crippen LogP contribution in [0.1, 0.15) is 43.1 Å². The van der Waals surface area contributed by atoms with Crippen LogP contribution in [-0.2, 0) is 11.3 Å². The summed E-state index contributed by atoms with van der Waals surface area (Å²) >= 11 is 7.47. The molecule has 0 aliphatic carbocycles. The lowest BCUT2D eigenvalue weighted by molar-refractivity contribution is -0.113. The van der Waals surface area contributed by atoms with E-state index < -0.39 is 12.1 Å². The van der Waals surface area contributed by atoms with Crippen LogP contribution in [0.5, 0.6) is 5.75 Å². The van der Waals surface area contributed by atoms with Crippen LogP contribution in [0.4, 0.5) is 5.69 Å². The van der Waals surface area contributed by atoms with Crippen molar-refractivity contribution < 1.29 is 19.4 Å². The standard InChI is InChI=1S/C23H25ClN4O4S/c1-14(2)12-28-21(15(3)32-19-10-5-4-9-18(19)24)26-27-23(28)33-13-20(29)25-17-8-6-7-16(11-17)22(30)31/h4-11,14-15H,12-13H2,1-3H3,(H,25,29)(H,30,31). The molecule has 8 nitrogen and oxygen atoms in total. The molecule has 1 amide bonds. The Morgan fingerprint density at radius 1 is 1.15 bits per heavy atom. The van der Waals surface area contributed by atoms with Crippen LogP contribution in [0.2, 0.25) is 5.02 Å². The van der Waals surface area contributed by atoms with Gasteiger partial charge >= 0.3 is 5.97 Å². The molecular weight excluding hydrogens is 464 g/mol. The minimum Gasteiger partial charge on any atom is -0.481 e. The highest BCUT2D eigenvalue weighted by atomic mass is 35.5. The zero-order valence-electron chi connectivity index (χ0n) is 18.5. The summed E-state index contributed by atoms with van der Waals surface area (Å²) in [5, 5.41) is 21.5. The van der Waals surface area contributed by atoms with E-state index in [2.05, 4.69) is 29.4 Å². The Kier molecular flexibility index (Phi) is 8.35. The van der Waals surface area contributed by atoms with E-state index in [1.165, 1.54) is 23.9 Å². The average Bonchev–Trinajstić information content (AvgIpc) is 3.16. The maximum atomic E-state index is 12.4. The number of hydrogen-bond acceptors (Lipinski definition) is 6. The molecule has 1 unspecified atom stereocenters. The van der Waals surface area contributed by atoms with Crippen LogP contribution >= 0.6 is 23.4 Å². The van der Waals surface area contributed by atoms with Crippen molar-refractivity contribution >= 4 is 40.9 Å². The normalized spacial score (nSPS) is 11.9. The number of nitrogens with one attached hydrogen (secondary N) is 1. The van der Waals surface area contributed by atoms with Gasteiger partial charge in [0.2, 0.25) is 5.91 Å². The molecule has 2 aromatic carbocycles. The summed E-state index contributed by atoms with van der Waals surface area (Å²) in [6, 6.07) is 13.3. The minimum atomic E-state index is -1.05. The van der Waals surface area contributed by atoms with Gasteiger partial charge in [-0.05, 0) is 43.2 Å². The number of hydrogen-bond donors (Lipinski definition) is 2. The molecule has 10 heteroatoms.